The number of nitrogens with zero attached hydrogens (tertiary/aromatic N) is 2. The lowest BCUT2D eigenvalue weighted by Crippen LogP contribution is -2.41. The van der Waals surface area contributed by atoms with E-state index >= 15 is 0 Å². The molecule has 0 radical (unpaired) electrons. The second-order valence-electron chi connectivity index (χ2n) is 4.97. The van der Waals surface area contributed by atoms with E-state index in [0.29, 0.717) is 30.9 Å². The van der Waals surface area contributed by atoms with Crippen molar-refractivity contribution in [3.05, 3.63) is 33.9 Å². The van der Waals surface area contributed by atoms with Crippen LogP contribution in [0.1, 0.15) is 36.0 Å². The minimum atomic E-state index is -0.502. The van der Waals surface area contributed by atoms with Crippen molar-refractivity contribution in [2.24, 2.45) is 0 Å². The predicted molar refractivity (Wildman–Crippen MR) is 75.2 cm³/mol. The van der Waals surface area contributed by atoms with Gasteiger partial charge in [-0.15, -0.1) is 0 Å². The van der Waals surface area contributed by atoms with E-state index in [-0.39, 0.29) is 12.3 Å². The molecule has 6 nitrogen and oxygen atoms in total. The Morgan fingerprint density at radius 1 is 1.45 bits per heavy atom. The van der Waals surface area contributed by atoms with Gasteiger partial charge >= 0.3 is 0 Å². The Morgan fingerprint density at radius 3 is 2.70 bits per heavy atom. The van der Waals surface area contributed by atoms with E-state index in [4.69, 9.17) is 5.11 Å². The number of aliphatic hydroxyl groups excluding tert-OH is 1. The van der Waals surface area contributed by atoms with Gasteiger partial charge < -0.3 is 10.0 Å². The summed E-state index contributed by atoms with van der Waals surface area (Å²) in [5, 5.41) is 19.8. The lowest BCUT2D eigenvalue weighted by molar-refractivity contribution is -0.384. The average molecular weight is 278 g/mol. The van der Waals surface area contributed by atoms with Crippen molar-refractivity contribution < 1.29 is 14.8 Å². The molecule has 20 heavy (non-hydrogen) atoms. The van der Waals surface area contributed by atoms with E-state index in [1.54, 1.807) is 6.07 Å². The maximum atomic E-state index is 11.2. The monoisotopic (exact) mass is 278 g/mol. The van der Waals surface area contributed by atoms with Gasteiger partial charge in [-0.3, -0.25) is 14.9 Å². The number of hydrogen-bond donors (Lipinski definition) is 1. The zero-order chi connectivity index (χ0) is 14.5. The standard InChI is InChI=1S/C14H18N2O4/c17-8-2-7-15(12-3-1-4-12)14-6-5-13(16(19)20)9-11(14)10-18/h5-6,9-10,12,17H,1-4,7-8H2. The van der Waals surface area contributed by atoms with E-state index in [1.165, 1.54) is 12.1 Å². The number of benzene rings is 1. The molecule has 0 amide bonds. The predicted octanol–water partition coefficient (Wildman–Crippen LogP) is 2.15. The number of carbonyl (C=O) groups is 1. The van der Waals surface area contributed by atoms with Gasteiger partial charge in [-0.2, -0.15) is 0 Å². The van der Waals surface area contributed by atoms with Crippen molar-refractivity contribution in [3.63, 3.8) is 0 Å². The SMILES string of the molecule is O=Cc1cc([N+](=O)[O-])ccc1N(CCCO)C1CCC1. The fraction of sp³-hybridized carbons (Fsp3) is 0.500. The molecule has 0 bridgehead atoms. The van der Waals surface area contributed by atoms with Gasteiger partial charge in [0.15, 0.2) is 6.29 Å². The third-order valence-corrected chi connectivity index (χ3v) is 3.73. The summed E-state index contributed by atoms with van der Waals surface area (Å²) in [5.41, 5.74) is 0.986. The van der Waals surface area contributed by atoms with Crippen molar-refractivity contribution in [2.45, 2.75) is 31.7 Å². The fourth-order valence-corrected chi connectivity index (χ4v) is 2.45. The normalized spacial score (nSPS) is 14.7. The van der Waals surface area contributed by atoms with Gasteiger partial charge in [0, 0.05) is 42.6 Å². The Balaban J connectivity index is 2.31. The van der Waals surface area contributed by atoms with Crippen LogP contribution in [0.5, 0.6) is 0 Å². The zero-order valence-electron chi connectivity index (χ0n) is 11.2. The van der Waals surface area contributed by atoms with E-state index in [2.05, 4.69) is 4.90 Å². The Kier molecular flexibility index (Phi) is 4.68. The first-order valence-corrected chi connectivity index (χ1v) is 6.78. The van der Waals surface area contributed by atoms with Gasteiger partial charge in [-0.25, -0.2) is 0 Å². The van der Waals surface area contributed by atoms with E-state index < -0.39 is 4.92 Å². The molecule has 1 fully saturated rings. The average Bonchev–Trinajstić information content (AvgIpc) is 2.40. The highest BCUT2D eigenvalue weighted by Crippen LogP contribution is 2.32. The van der Waals surface area contributed by atoms with E-state index in [1.807, 2.05) is 0 Å². The van der Waals surface area contributed by atoms with Gasteiger partial charge in [0.2, 0.25) is 0 Å². The molecule has 1 aromatic rings. The third-order valence-electron chi connectivity index (χ3n) is 3.73. The van der Waals surface area contributed by atoms with Crippen LogP contribution in [-0.2, 0) is 0 Å². The number of hydrogen-bond acceptors (Lipinski definition) is 5. The molecule has 2 rings (SSSR count). The molecule has 0 unspecified atom stereocenters. The van der Waals surface area contributed by atoms with Crippen LogP contribution in [0, 0.1) is 10.1 Å². The van der Waals surface area contributed by atoms with Crippen LogP contribution >= 0.6 is 0 Å². The number of aliphatic hydroxyl groups is 1. The van der Waals surface area contributed by atoms with Crippen LogP contribution in [0.25, 0.3) is 0 Å². The van der Waals surface area contributed by atoms with Crippen molar-refractivity contribution in [1.29, 1.82) is 0 Å². The van der Waals surface area contributed by atoms with Crippen molar-refractivity contribution in [1.82, 2.24) is 0 Å². The van der Waals surface area contributed by atoms with E-state index in [0.717, 1.165) is 24.9 Å². The smallest absolute Gasteiger partial charge is 0.270 e. The number of carbonyl (C=O) groups excluding carboxylic acids is 1. The summed E-state index contributed by atoms with van der Waals surface area (Å²) in [6, 6.07) is 4.74. The highest BCUT2D eigenvalue weighted by molar-refractivity contribution is 5.86. The fourth-order valence-electron chi connectivity index (χ4n) is 2.45. The van der Waals surface area contributed by atoms with Crippen molar-refractivity contribution in [2.75, 3.05) is 18.1 Å². The Labute approximate surface area is 117 Å². The molecular weight excluding hydrogens is 260 g/mol. The zero-order valence-corrected chi connectivity index (χ0v) is 11.2. The van der Waals surface area contributed by atoms with Crippen LogP contribution in [0.3, 0.4) is 0 Å². The van der Waals surface area contributed by atoms with Crippen LogP contribution < -0.4 is 4.90 Å². The summed E-state index contributed by atoms with van der Waals surface area (Å²) in [4.78, 5) is 23.6. The lowest BCUT2D eigenvalue weighted by Gasteiger charge is -2.39. The number of anilines is 1. The first-order chi connectivity index (χ1) is 9.67. The Hall–Kier alpha value is -1.95. The molecule has 0 spiro atoms. The van der Waals surface area contributed by atoms with Crippen molar-refractivity contribution >= 4 is 17.7 Å². The van der Waals surface area contributed by atoms with Gasteiger partial charge in [-0.1, -0.05) is 0 Å². The highest BCUT2D eigenvalue weighted by Gasteiger charge is 2.27. The van der Waals surface area contributed by atoms with Gasteiger partial charge in [-0.05, 0) is 31.7 Å². The number of nitro benzene ring substituents is 1. The summed E-state index contributed by atoms with van der Waals surface area (Å²) >= 11 is 0. The summed E-state index contributed by atoms with van der Waals surface area (Å²) in [5.74, 6) is 0. The number of non-ortho nitro benzene ring substituents is 1. The first-order valence-electron chi connectivity index (χ1n) is 6.78. The molecule has 6 heteroatoms. The molecule has 0 aromatic heterocycles. The maximum Gasteiger partial charge on any atom is 0.270 e. The molecular formula is C14H18N2O4. The van der Waals surface area contributed by atoms with Gasteiger partial charge in [0.05, 0.1) is 4.92 Å². The quantitative estimate of drug-likeness (QED) is 0.469. The third kappa shape index (κ3) is 2.96. The molecule has 0 heterocycles. The summed E-state index contributed by atoms with van der Waals surface area (Å²) in [7, 11) is 0. The lowest BCUT2D eigenvalue weighted by atomic mass is 9.90. The van der Waals surface area contributed by atoms with Crippen LogP contribution in [0.2, 0.25) is 0 Å². The Morgan fingerprint density at radius 2 is 2.20 bits per heavy atom. The largest absolute Gasteiger partial charge is 0.396 e. The van der Waals surface area contributed by atoms with E-state index in [9.17, 15) is 14.9 Å². The molecule has 1 N–H and O–H groups in total. The minimum Gasteiger partial charge on any atom is -0.396 e. The molecule has 0 saturated heterocycles. The summed E-state index contributed by atoms with van der Waals surface area (Å²) < 4.78 is 0. The van der Waals surface area contributed by atoms with Gasteiger partial charge in [0.1, 0.15) is 0 Å². The molecule has 1 aliphatic rings. The summed E-state index contributed by atoms with van der Waals surface area (Å²) in [6.07, 6.45) is 4.55. The van der Waals surface area contributed by atoms with Crippen LogP contribution in [-0.4, -0.2) is 35.5 Å². The molecule has 1 aromatic carbocycles. The number of nitro groups is 1. The molecule has 108 valence electrons. The summed E-state index contributed by atoms with van der Waals surface area (Å²) in [6.45, 7) is 0.743. The highest BCUT2D eigenvalue weighted by atomic mass is 16.6. The second-order valence-corrected chi connectivity index (χ2v) is 4.97. The van der Waals surface area contributed by atoms with Crippen LogP contribution in [0.4, 0.5) is 11.4 Å². The Bertz CT molecular complexity index is 500. The second kappa shape index (κ2) is 6.47. The van der Waals surface area contributed by atoms with Crippen molar-refractivity contribution in [3.8, 4) is 0 Å². The van der Waals surface area contributed by atoms with Crippen LogP contribution in [0.15, 0.2) is 18.2 Å². The molecule has 0 aliphatic heterocycles. The minimum absolute atomic E-state index is 0.0773. The number of rotatable bonds is 7. The molecule has 1 saturated carbocycles. The topological polar surface area (TPSA) is 83.7 Å². The first kappa shape index (κ1) is 14.5. The number of aldehydes is 1. The van der Waals surface area contributed by atoms with Gasteiger partial charge in [0.25, 0.3) is 5.69 Å². The molecule has 1 aliphatic carbocycles. The maximum absolute atomic E-state index is 11.2. The molecule has 0 atom stereocenters.